The standard InChI is InChI=1S/C15H18FN3O3/c1-10-14(8-18-19(10)2)15(21)17-7-12(20)9-22-13-5-3-11(16)4-6-13/h3-6,8,12,20H,7,9H2,1-2H3,(H,17,21). The van der Waals surface area contributed by atoms with E-state index in [2.05, 4.69) is 10.4 Å². The number of hydrogen-bond donors (Lipinski definition) is 2. The second-order valence-corrected chi connectivity index (χ2v) is 4.90. The van der Waals surface area contributed by atoms with Crippen molar-refractivity contribution in [1.29, 1.82) is 0 Å². The van der Waals surface area contributed by atoms with Gasteiger partial charge in [-0.3, -0.25) is 9.48 Å². The highest BCUT2D eigenvalue weighted by atomic mass is 19.1. The number of carbonyl (C=O) groups excluding carboxylic acids is 1. The highest BCUT2D eigenvalue weighted by molar-refractivity contribution is 5.95. The third-order valence-corrected chi connectivity index (χ3v) is 3.23. The van der Waals surface area contributed by atoms with Crippen LogP contribution in [0.3, 0.4) is 0 Å². The maximum absolute atomic E-state index is 12.7. The summed E-state index contributed by atoms with van der Waals surface area (Å²) in [5, 5.41) is 16.4. The molecule has 1 heterocycles. The Morgan fingerprint density at radius 2 is 2.14 bits per heavy atom. The van der Waals surface area contributed by atoms with Gasteiger partial charge in [0.25, 0.3) is 5.91 Å². The van der Waals surface area contributed by atoms with E-state index in [0.717, 1.165) is 5.69 Å². The zero-order valence-electron chi connectivity index (χ0n) is 12.4. The van der Waals surface area contributed by atoms with E-state index in [1.165, 1.54) is 30.5 Å². The highest BCUT2D eigenvalue weighted by Gasteiger charge is 2.14. The first kappa shape index (κ1) is 16.0. The lowest BCUT2D eigenvalue weighted by Crippen LogP contribution is -2.35. The molecular formula is C15H18FN3O3. The zero-order valence-corrected chi connectivity index (χ0v) is 12.4. The molecule has 0 fully saturated rings. The summed E-state index contributed by atoms with van der Waals surface area (Å²) >= 11 is 0. The Morgan fingerprint density at radius 3 is 2.73 bits per heavy atom. The van der Waals surface area contributed by atoms with Gasteiger partial charge in [-0.1, -0.05) is 0 Å². The lowest BCUT2D eigenvalue weighted by atomic mass is 10.2. The molecule has 0 saturated carbocycles. The van der Waals surface area contributed by atoms with Gasteiger partial charge in [0, 0.05) is 19.3 Å². The summed E-state index contributed by atoms with van der Waals surface area (Å²) in [7, 11) is 1.75. The van der Waals surface area contributed by atoms with E-state index in [1.807, 2.05) is 0 Å². The van der Waals surface area contributed by atoms with Crippen molar-refractivity contribution in [3.05, 3.63) is 47.5 Å². The summed E-state index contributed by atoms with van der Waals surface area (Å²) in [5.74, 6) is -0.201. The maximum Gasteiger partial charge on any atom is 0.254 e. The van der Waals surface area contributed by atoms with Crippen LogP contribution in [0.5, 0.6) is 5.75 Å². The first-order chi connectivity index (χ1) is 10.5. The summed E-state index contributed by atoms with van der Waals surface area (Å²) < 4.78 is 19.6. The lowest BCUT2D eigenvalue weighted by molar-refractivity contribution is 0.0843. The van der Waals surface area contributed by atoms with Crippen LogP contribution in [-0.4, -0.2) is 40.0 Å². The zero-order chi connectivity index (χ0) is 16.1. The fraction of sp³-hybridized carbons (Fsp3) is 0.333. The Kier molecular flexibility index (Phi) is 5.11. The number of rotatable bonds is 6. The van der Waals surface area contributed by atoms with Gasteiger partial charge in [-0.15, -0.1) is 0 Å². The van der Waals surface area contributed by atoms with Gasteiger partial charge in [0.1, 0.15) is 24.3 Å². The van der Waals surface area contributed by atoms with Crippen molar-refractivity contribution in [2.45, 2.75) is 13.0 Å². The Morgan fingerprint density at radius 1 is 1.45 bits per heavy atom. The van der Waals surface area contributed by atoms with Crippen LogP contribution >= 0.6 is 0 Å². The SMILES string of the molecule is Cc1c(C(=O)NCC(O)COc2ccc(F)cc2)cnn1C. The molecule has 0 aliphatic heterocycles. The lowest BCUT2D eigenvalue weighted by Gasteiger charge is -2.13. The molecule has 1 amide bonds. The first-order valence-corrected chi connectivity index (χ1v) is 6.80. The minimum Gasteiger partial charge on any atom is -0.491 e. The second-order valence-electron chi connectivity index (χ2n) is 4.90. The number of aryl methyl sites for hydroxylation is 1. The van der Waals surface area contributed by atoms with Gasteiger partial charge >= 0.3 is 0 Å². The van der Waals surface area contributed by atoms with E-state index < -0.39 is 6.10 Å². The van der Waals surface area contributed by atoms with Crippen LogP contribution in [0.25, 0.3) is 0 Å². The molecule has 0 aliphatic rings. The number of carbonyl (C=O) groups is 1. The number of nitrogens with zero attached hydrogens (tertiary/aromatic N) is 2. The monoisotopic (exact) mass is 307 g/mol. The smallest absolute Gasteiger partial charge is 0.254 e. The molecule has 7 heteroatoms. The van der Waals surface area contributed by atoms with Gasteiger partial charge in [-0.2, -0.15) is 5.10 Å². The summed E-state index contributed by atoms with van der Waals surface area (Å²) in [4.78, 5) is 11.9. The van der Waals surface area contributed by atoms with Crippen LogP contribution in [0.15, 0.2) is 30.5 Å². The molecule has 2 aromatic rings. The van der Waals surface area contributed by atoms with Crippen molar-refractivity contribution >= 4 is 5.91 Å². The molecular weight excluding hydrogens is 289 g/mol. The number of amides is 1. The average molecular weight is 307 g/mol. The van der Waals surface area contributed by atoms with Gasteiger partial charge in [0.05, 0.1) is 11.8 Å². The molecule has 118 valence electrons. The molecule has 1 atom stereocenters. The Hall–Kier alpha value is -2.41. The molecule has 22 heavy (non-hydrogen) atoms. The van der Waals surface area contributed by atoms with E-state index in [9.17, 15) is 14.3 Å². The number of benzene rings is 1. The predicted molar refractivity (Wildman–Crippen MR) is 78.2 cm³/mol. The van der Waals surface area contributed by atoms with Crippen LogP contribution in [0.2, 0.25) is 0 Å². The van der Waals surface area contributed by atoms with Crippen molar-refractivity contribution < 1.29 is 19.0 Å². The maximum atomic E-state index is 12.7. The second kappa shape index (κ2) is 7.04. The molecule has 1 aromatic heterocycles. The van der Waals surface area contributed by atoms with Crippen molar-refractivity contribution in [2.75, 3.05) is 13.2 Å². The third-order valence-electron chi connectivity index (χ3n) is 3.23. The first-order valence-electron chi connectivity index (χ1n) is 6.80. The topological polar surface area (TPSA) is 76.4 Å². The molecule has 2 N–H and O–H groups in total. The van der Waals surface area contributed by atoms with E-state index in [4.69, 9.17) is 4.74 Å². The summed E-state index contributed by atoms with van der Waals surface area (Å²) in [6, 6.07) is 5.49. The number of aliphatic hydroxyl groups is 1. The number of aromatic nitrogens is 2. The highest BCUT2D eigenvalue weighted by Crippen LogP contribution is 2.11. The van der Waals surface area contributed by atoms with Gasteiger partial charge in [0.15, 0.2) is 0 Å². The van der Waals surface area contributed by atoms with Gasteiger partial charge in [0.2, 0.25) is 0 Å². The van der Waals surface area contributed by atoms with Crippen LogP contribution in [0.1, 0.15) is 16.1 Å². The van der Waals surface area contributed by atoms with Gasteiger partial charge in [-0.25, -0.2) is 4.39 Å². The average Bonchev–Trinajstić information content (AvgIpc) is 2.84. The molecule has 0 aliphatic carbocycles. The molecule has 2 rings (SSSR count). The fourth-order valence-electron chi connectivity index (χ4n) is 1.81. The van der Waals surface area contributed by atoms with Crippen LogP contribution in [-0.2, 0) is 7.05 Å². The van der Waals surface area contributed by atoms with Crippen molar-refractivity contribution in [1.82, 2.24) is 15.1 Å². The van der Waals surface area contributed by atoms with E-state index in [-0.39, 0.29) is 24.9 Å². The van der Waals surface area contributed by atoms with Gasteiger partial charge < -0.3 is 15.2 Å². The van der Waals surface area contributed by atoms with E-state index >= 15 is 0 Å². The summed E-state index contributed by atoms with van der Waals surface area (Å²) in [6.45, 7) is 1.84. The Balaban J connectivity index is 1.77. The normalized spacial score (nSPS) is 12.0. The van der Waals surface area contributed by atoms with Crippen molar-refractivity contribution in [3.63, 3.8) is 0 Å². The molecule has 0 saturated heterocycles. The molecule has 0 spiro atoms. The van der Waals surface area contributed by atoms with E-state index in [1.54, 1.807) is 18.7 Å². The minimum atomic E-state index is -0.869. The number of ether oxygens (including phenoxy) is 1. The minimum absolute atomic E-state index is 0.00205. The number of nitrogens with one attached hydrogen (secondary N) is 1. The molecule has 0 bridgehead atoms. The number of halogens is 1. The predicted octanol–water partition coefficient (Wildman–Crippen LogP) is 1.04. The van der Waals surface area contributed by atoms with Crippen LogP contribution in [0, 0.1) is 12.7 Å². The summed E-state index contributed by atoms with van der Waals surface area (Å²) in [6.07, 6.45) is 0.609. The molecule has 1 aromatic carbocycles. The fourth-order valence-corrected chi connectivity index (χ4v) is 1.81. The van der Waals surface area contributed by atoms with Crippen LogP contribution in [0.4, 0.5) is 4.39 Å². The van der Waals surface area contributed by atoms with Crippen molar-refractivity contribution in [2.24, 2.45) is 7.05 Å². The van der Waals surface area contributed by atoms with Crippen LogP contribution < -0.4 is 10.1 Å². The molecule has 0 radical (unpaired) electrons. The molecule has 6 nitrogen and oxygen atoms in total. The molecule has 1 unspecified atom stereocenters. The van der Waals surface area contributed by atoms with Gasteiger partial charge in [-0.05, 0) is 31.2 Å². The quantitative estimate of drug-likeness (QED) is 0.836. The number of hydrogen-bond acceptors (Lipinski definition) is 4. The van der Waals surface area contributed by atoms with E-state index in [0.29, 0.717) is 11.3 Å². The Labute approximate surface area is 127 Å². The summed E-state index contributed by atoms with van der Waals surface area (Å²) in [5.41, 5.74) is 1.21. The Bertz CT molecular complexity index is 640. The largest absolute Gasteiger partial charge is 0.491 e. The number of aliphatic hydroxyl groups excluding tert-OH is 1. The van der Waals surface area contributed by atoms with Crippen molar-refractivity contribution in [3.8, 4) is 5.75 Å². The third kappa shape index (κ3) is 4.05.